The largest absolute Gasteiger partial charge is 0.340 e. The van der Waals surface area contributed by atoms with Crippen molar-refractivity contribution in [3.63, 3.8) is 0 Å². The van der Waals surface area contributed by atoms with E-state index in [4.69, 9.17) is 23.2 Å². The van der Waals surface area contributed by atoms with E-state index in [1.807, 2.05) is 12.1 Å². The minimum Gasteiger partial charge on any atom is -0.340 e. The molecule has 0 spiro atoms. The number of anilines is 3. The summed E-state index contributed by atoms with van der Waals surface area (Å²) >= 11 is 11.7. The van der Waals surface area contributed by atoms with Crippen molar-refractivity contribution in [2.45, 2.75) is 4.90 Å². The predicted molar refractivity (Wildman–Crippen MR) is 101 cm³/mol. The van der Waals surface area contributed by atoms with Gasteiger partial charge in [-0.3, -0.25) is 4.72 Å². The zero-order chi connectivity index (χ0) is 17.9. The molecule has 3 aromatic rings. The molecule has 0 saturated heterocycles. The van der Waals surface area contributed by atoms with E-state index in [1.54, 1.807) is 36.4 Å². The minimum absolute atomic E-state index is 0.0864. The van der Waals surface area contributed by atoms with Crippen LogP contribution in [0.3, 0.4) is 0 Å². The molecule has 0 aliphatic rings. The van der Waals surface area contributed by atoms with E-state index in [0.29, 0.717) is 21.6 Å². The lowest BCUT2D eigenvalue weighted by atomic mass is 10.3. The van der Waals surface area contributed by atoms with Gasteiger partial charge in [-0.1, -0.05) is 29.3 Å². The van der Waals surface area contributed by atoms with E-state index < -0.39 is 10.0 Å². The Kier molecular flexibility index (Phi) is 5.13. The molecule has 5 nitrogen and oxygen atoms in total. The van der Waals surface area contributed by atoms with E-state index in [-0.39, 0.29) is 4.90 Å². The number of nitrogens with one attached hydrogen (secondary N) is 2. The zero-order valence-corrected chi connectivity index (χ0v) is 15.1. The predicted octanol–water partition coefficient (Wildman–Crippen LogP) is 4.93. The van der Waals surface area contributed by atoms with Gasteiger partial charge in [-0.05, 0) is 54.6 Å². The van der Waals surface area contributed by atoms with Crippen LogP contribution in [0.25, 0.3) is 0 Å². The van der Waals surface area contributed by atoms with Crippen LogP contribution in [-0.4, -0.2) is 13.4 Å². The summed E-state index contributed by atoms with van der Waals surface area (Å²) in [6, 6.07) is 16.5. The van der Waals surface area contributed by atoms with Gasteiger partial charge in [0.2, 0.25) is 0 Å². The minimum atomic E-state index is -3.72. The van der Waals surface area contributed by atoms with Crippen molar-refractivity contribution in [1.29, 1.82) is 0 Å². The lowest BCUT2D eigenvalue weighted by Gasteiger charge is -2.09. The van der Waals surface area contributed by atoms with E-state index in [9.17, 15) is 8.42 Å². The van der Waals surface area contributed by atoms with Crippen LogP contribution in [0, 0.1) is 0 Å². The smallest absolute Gasteiger partial charge is 0.261 e. The van der Waals surface area contributed by atoms with Crippen LogP contribution in [0.2, 0.25) is 10.0 Å². The van der Waals surface area contributed by atoms with Gasteiger partial charge in [-0.2, -0.15) is 0 Å². The number of benzene rings is 2. The van der Waals surface area contributed by atoms with E-state index in [2.05, 4.69) is 15.0 Å². The maximum atomic E-state index is 12.3. The second-order valence-corrected chi connectivity index (χ2v) is 7.68. The number of sulfonamides is 1. The lowest BCUT2D eigenvalue weighted by Crippen LogP contribution is -2.13. The van der Waals surface area contributed by atoms with Crippen molar-refractivity contribution in [2.24, 2.45) is 0 Å². The summed E-state index contributed by atoms with van der Waals surface area (Å²) in [5, 5.41) is 4.09. The van der Waals surface area contributed by atoms with Gasteiger partial charge in [-0.15, -0.1) is 0 Å². The molecule has 0 bridgehead atoms. The Bertz CT molecular complexity index is 976. The molecular weight excluding hydrogens is 381 g/mol. The van der Waals surface area contributed by atoms with E-state index in [1.165, 1.54) is 18.3 Å². The Morgan fingerprint density at radius 1 is 0.840 bits per heavy atom. The van der Waals surface area contributed by atoms with Crippen molar-refractivity contribution in [3.05, 3.63) is 76.9 Å². The standard InChI is InChI=1S/C17H13Cl2N3O2S/c18-12-4-6-14(7-5-12)21-17-9-8-15(11-20-17)22-25(23,24)16-3-1-2-13(19)10-16/h1-11,22H,(H,20,21). The van der Waals surface area contributed by atoms with Gasteiger partial charge in [0, 0.05) is 15.7 Å². The highest BCUT2D eigenvalue weighted by Gasteiger charge is 2.14. The Morgan fingerprint density at radius 2 is 1.56 bits per heavy atom. The molecule has 1 aromatic heterocycles. The van der Waals surface area contributed by atoms with Crippen molar-refractivity contribution >= 4 is 50.4 Å². The Morgan fingerprint density at radius 3 is 2.20 bits per heavy atom. The molecule has 25 heavy (non-hydrogen) atoms. The Balaban J connectivity index is 1.73. The Labute approximate surface area is 155 Å². The third-order valence-electron chi connectivity index (χ3n) is 3.24. The van der Waals surface area contributed by atoms with Gasteiger partial charge in [0.25, 0.3) is 10.0 Å². The average molecular weight is 394 g/mol. The molecule has 128 valence electrons. The molecule has 1 heterocycles. The third-order valence-corrected chi connectivity index (χ3v) is 5.10. The maximum absolute atomic E-state index is 12.3. The average Bonchev–Trinajstić information content (AvgIpc) is 2.58. The number of pyridine rings is 1. The quantitative estimate of drug-likeness (QED) is 0.644. The molecule has 0 fully saturated rings. The summed E-state index contributed by atoms with van der Waals surface area (Å²) < 4.78 is 27.1. The summed E-state index contributed by atoms with van der Waals surface area (Å²) in [6.45, 7) is 0. The highest BCUT2D eigenvalue weighted by atomic mass is 35.5. The number of halogens is 2. The molecule has 0 radical (unpaired) electrons. The number of rotatable bonds is 5. The molecule has 8 heteroatoms. The molecular formula is C17H13Cl2N3O2S. The van der Waals surface area contributed by atoms with Crippen LogP contribution in [0.15, 0.2) is 71.8 Å². The summed E-state index contributed by atoms with van der Waals surface area (Å²) in [5.74, 6) is 0.577. The van der Waals surface area contributed by atoms with Crippen molar-refractivity contribution in [2.75, 3.05) is 10.0 Å². The molecule has 2 aromatic carbocycles. The van der Waals surface area contributed by atoms with Gasteiger partial charge in [0.05, 0.1) is 16.8 Å². The lowest BCUT2D eigenvalue weighted by molar-refractivity contribution is 0.601. The fourth-order valence-corrected chi connectivity index (χ4v) is 3.53. The fraction of sp³-hybridized carbons (Fsp3) is 0. The second-order valence-electron chi connectivity index (χ2n) is 5.13. The molecule has 0 aliphatic heterocycles. The topological polar surface area (TPSA) is 71.1 Å². The number of hydrogen-bond acceptors (Lipinski definition) is 4. The van der Waals surface area contributed by atoms with Crippen LogP contribution < -0.4 is 10.0 Å². The van der Waals surface area contributed by atoms with Crippen LogP contribution in [0.5, 0.6) is 0 Å². The molecule has 2 N–H and O–H groups in total. The molecule has 0 amide bonds. The molecule has 3 rings (SSSR count). The first-order chi connectivity index (χ1) is 11.9. The van der Waals surface area contributed by atoms with Gasteiger partial charge in [0.1, 0.15) is 5.82 Å². The fourth-order valence-electron chi connectivity index (χ4n) is 2.06. The van der Waals surface area contributed by atoms with Crippen LogP contribution in [0.4, 0.5) is 17.2 Å². The maximum Gasteiger partial charge on any atom is 0.261 e. The summed E-state index contributed by atoms with van der Waals surface area (Å²) in [7, 11) is -3.72. The first kappa shape index (κ1) is 17.5. The van der Waals surface area contributed by atoms with Crippen LogP contribution in [0.1, 0.15) is 0 Å². The highest BCUT2D eigenvalue weighted by molar-refractivity contribution is 7.92. The van der Waals surface area contributed by atoms with Crippen molar-refractivity contribution in [1.82, 2.24) is 4.98 Å². The third kappa shape index (κ3) is 4.63. The zero-order valence-electron chi connectivity index (χ0n) is 12.8. The van der Waals surface area contributed by atoms with Crippen molar-refractivity contribution in [3.8, 4) is 0 Å². The van der Waals surface area contributed by atoms with E-state index >= 15 is 0 Å². The van der Waals surface area contributed by atoms with Crippen LogP contribution in [-0.2, 0) is 10.0 Å². The van der Waals surface area contributed by atoms with Crippen LogP contribution >= 0.6 is 23.2 Å². The second kappa shape index (κ2) is 7.31. The van der Waals surface area contributed by atoms with E-state index in [0.717, 1.165) is 5.69 Å². The molecule has 0 atom stereocenters. The summed E-state index contributed by atoms with van der Waals surface area (Å²) in [6.07, 6.45) is 1.43. The molecule has 0 saturated carbocycles. The monoisotopic (exact) mass is 393 g/mol. The summed E-state index contributed by atoms with van der Waals surface area (Å²) in [5.41, 5.74) is 1.17. The van der Waals surface area contributed by atoms with Gasteiger partial charge < -0.3 is 5.32 Å². The Hall–Kier alpha value is -2.28. The highest BCUT2D eigenvalue weighted by Crippen LogP contribution is 2.21. The van der Waals surface area contributed by atoms with Gasteiger partial charge in [0.15, 0.2) is 0 Å². The van der Waals surface area contributed by atoms with Gasteiger partial charge in [-0.25, -0.2) is 13.4 Å². The normalized spacial score (nSPS) is 11.1. The first-order valence-electron chi connectivity index (χ1n) is 7.19. The first-order valence-corrected chi connectivity index (χ1v) is 9.43. The van der Waals surface area contributed by atoms with Gasteiger partial charge >= 0.3 is 0 Å². The molecule has 0 aliphatic carbocycles. The molecule has 0 unspecified atom stereocenters. The summed E-state index contributed by atoms with van der Waals surface area (Å²) in [4.78, 5) is 4.28. The number of nitrogens with zero attached hydrogens (tertiary/aromatic N) is 1. The SMILES string of the molecule is O=S(=O)(Nc1ccc(Nc2ccc(Cl)cc2)nc1)c1cccc(Cl)c1. The van der Waals surface area contributed by atoms with Crippen molar-refractivity contribution < 1.29 is 8.42 Å². The number of aromatic nitrogens is 1. The number of hydrogen-bond donors (Lipinski definition) is 2.